The molecule has 1 heterocycles. The first kappa shape index (κ1) is 20.0. The normalized spacial score (nSPS) is 20.8. The molecule has 0 unspecified atom stereocenters. The Bertz CT molecular complexity index is 713. The number of methoxy groups -OCH3 is 1. The van der Waals surface area contributed by atoms with Crippen LogP contribution in [0.15, 0.2) is 29.4 Å². The third-order valence-corrected chi connectivity index (χ3v) is 4.17. The van der Waals surface area contributed by atoms with E-state index in [-0.39, 0.29) is 5.75 Å². The fourth-order valence-corrected chi connectivity index (χ4v) is 2.49. The Morgan fingerprint density at radius 2 is 1.85 bits per heavy atom. The number of hydrazone groups is 1. The number of nitrogens with zero attached hydrogens (tertiary/aromatic N) is 2. The third kappa shape index (κ3) is 3.77. The zero-order valence-corrected chi connectivity index (χ0v) is 14.9. The second-order valence-electron chi connectivity index (χ2n) is 6.93. The lowest BCUT2D eigenvalue weighted by Gasteiger charge is -2.41. The molecule has 1 aliphatic rings. The van der Waals surface area contributed by atoms with Gasteiger partial charge in [-0.25, -0.2) is 0 Å². The molecule has 0 bridgehead atoms. The molecule has 1 atom stereocenters. The van der Waals surface area contributed by atoms with E-state index in [1.165, 1.54) is 27.9 Å². The highest BCUT2D eigenvalue weighted by atomic mass is 19.4. The minimum Gasteiger partial charge on any atom is -0.493 e. The van der Waals surface area contributed by atoms with Gasteiger partial charge in [-0.2, -0.15) is 23.3 Å². The second-order valence-corrected chi connectivity index (χ2v) is 6.93. The number of halogens is 3. The number of hydrogen-bond donors (Lipinski definition) is 1. The predicted octanol–water partition coefficient (Wildman–Crippen LogP) is 2.96. The summed E-state index contributed by atoms with van der Waals surface area (Å²) in [6.07, 6.45) is -5.54. The van der Waals surface area contributed by atoms with Crippen LogP contribution in [0.1, 0.15) is 27.2 Å². The molecule has 144 valence electrons. The summed E-state index contributed by atoms with van der Waals surface area (Å²) < 4.78 is 49.6. The van der Waals surface area contributed by atoms with Crippen molar-refractivity contribution in [1.29, 1.82) is 0 Å². The van der Waals surface area contributed by atoms with Crippen LogP contribution in [-0.2, 0) is 4.79 Å². The molecule has 2 rings (SSSR count). The lowest BCUT2D eigenvalue weighted by atomic mass is 9.80. The molecule has 1 amide bonds. The summed E-state index contributed by atoms with van der Waals surface area (Å²) in [5.41, 5.74) is -4.39. The molecule has 0 spiro atoms. The first-order valence-electron chi connectivity index (χ1n) is 7.86. The van der Waals surface area contributed by atoms with Gasteiger partial charge in [0.25, 0.3) is 5.91 Å². The Morgan fingerprint density at radius 1 is 1.27 bits per heavy atom. The number of para-hydroxylation sites is 2. The maximum atomic E-state index is 13.1. The van der Waals surface area contributed by atoms with Crippen LogP contribution in [-0.4, -0.2) is 47.4 Å². The summed E-state index contributed by atoms with van der Waals surface area (Å²) in [6.45, 7) is 3.99. The molecule has 0 fully saturated rings. The quantitative estimate of drug-likeness (QED) is 0.880. The molecule has 9 heteroatoms. The first-order chi connectivity index (χ1) is 11.9. The lowest BCUT2D eigenvalue weighted by molar-refractivity contribution is -0.183. The minimum absolute atomic E-state index is 0.252. The van der Waals surface area contributed by atoms with Crippen LogP contribution in [0, 0.1) is 5.41 Å². The Hall–Kier alpha value is -2.29. The molecular weight excluding hydrogens is 353 g/mol. The standard InChI is InChI=1S/C17H21F3N2O4/c1-15(2,3)16(24)9-13(17(18,19)20)21-22(16)14(23)10-26-12-8-6-5-7-11(12)25-4/h5-8,24H,9-10H2,1-4H3/t16-/m0/s1. The monoisotopic (exact) mass is 374 g/mol. The largest absolute Gasteiger partial charge is 0.493 e. The summed E-state index contributed by atoms with van der Waals surface area (Å²) in [5, 5.41) is 14.6. The number of hydrogen-bond acceptors (Lipinski definition) is 5. The number of alkyl halides is 3. The minimum atomic E-state index is -4.74. The van der Waals surface area contributed by atoms with Crippen LogP contribution in [0.25, 0.3) is 0 Å². The number of benzene rings is 1. The highest BCUT2D eigenvalue weighted by molar-refractivity contribution is 5.94. The van der Waals surface area contributed by atoms with Crippen LogP contribution in [0.4, 0.5) is 13.2 Å². The number of carbonyl (C=O) groups is 1. The number of amides is 1. The first-order valence-corrected chi connectivity index (χ1v) is 7.86. The second kappa shape index (κ2) is 6.79. The van der Waals surface area contributed by atoms with Crippen LogP contribution in [0.5, 0.6) is 11.5 Å². The molecular formula is C17H21F3N2O4. The van der Waals surface area contributed by atoms with Crippen molar-refractivity contribution in [3.8, 4) is 11.5 Å². The molecule has 0 saturated heterocycles. The van der Waals surface area contributed by atoms with Crippen molar-refractivity contribution in [2.24, 2.45) is 10.5 Å². The molecule has 0 aromatic heterocycles. The molecule has 0 radical (unpaired) electrons. The Balaban J connectivity index is 2.24. The van der Waals surface area contributed by atoms with Crippen molar-refractivity contribution in [3.05, 3.63) is 24.3 Å². The maximum Gasteiger partial charge on any atom is 0.431 e. The molecule has 1 aromatic rings. The van der Waals surface area contributed by atoms with E-state index >= 15 is 0 Å². The van der Waals surface area contributed by atoms with Crippen LogP contribution < -0.4 is 9.47 Å². The molecule has 0 saturated carbocycles. The van der Waals surface area contributed by atoms with Gasteiger partial charge in [0.05, 0.1) is 7.11 Å². The van der Waals surface area contributed by atoms with E-state index in [0.29, 0.717) is 10.8 Å². The smallest absolute Gasteiger partial charge is 0.431 e. The van der Waals surface area contributed by atoms with Crippen molar-refractivity contribution < 1.29 is 32.5 Å². The van der Waals surface area contributed by atoms with Gasteiger partial charge in [0.15, 0.2) is 23.8 Å². The molecule has 1 aliphatic heterocycles. The van der Waals surface area contributed by atoms with Gasteiger partial charge in [-0.1, -0.05) is 32.9 Å². The highest BCUT2D eigenvalue weighted by Gasteiger charge is 2.57. The number of ether oxygens (including phenoxy) is 2. The van der Waals surface area contributed by atoms with E-state index in [0.717, 1.165) is 0 Å². The third-order valence-electron chi connectivity index (χ3n) is 4.17. The fourth-order valence-electron chi connectivity index (χ4n) is 2.49. The van der Waals surface area contributed by atoms with Gasteiger partial charge in [-0.3, -0.25) is 4.79 Å². The summed E-state index contributed by atoms with van der Waals surface area (Å²) in [7, 11) is 1.42. The Labute approximate surface area is 149 Å². The molecule has 26 heavy (non-hydrogen) atoms. The molecule has 1 N–H and O–H groups in total. The zero-order valence-electron chi connectivity index (χ0n) is 14.9. The van der Waals surface area contributed by atoms with E-state index < -0.39 is 42.0 Å². The molecule has 1 aromatic carbocycles. The maximum absolute atomic E-state index is 13.1. The van der Waals surface area contributed by atoms with Gasteiger partial charge in [0.2, 0.25) is 0 Å². The predicted molar refractivity (Wildman–Crippen MR) is 87.8 cm³/mol. The van der Waals surface area contributed by atoms with Crippen LogP contribution >= 0.6 is 0 Å². The van der Waals surface area contributed by atoms with Crippen molar-refractivity contribution in [2.45, 2.75) is 39.1 Å². The zero-order chi connectivity index (χ0) is 19.8. The van der Waals surface area contributed by atoms with E-state index in [2.05, 4.69) is 5.10 Å². The van der Waals surface area contributed by atoms with E-state index in [1.54, 1.807) is 24.3 Å². The number of carbonyl (C=O) groups excluding carboxylic acids is 1. The highest BCUT2D eigenvalue weighted by Crippen LogP contribution is 2.43. The van der Waals surface area contributed by atoms with Crippen molar-refractivity contribution in [1.82, 2.24) is 5.01 Å². The van der Waals surface area contributed by atoms with Crippen LogP contribution in [0.3, 0.4) is 0 Å². The van der Waals surface area contributed by atoms with Gasteiger partial charge >= 0.3 is 6.18 Å². The number of aliphatic hydroxyl groups is 1. The average Bonchev–Trinajstić information content (AvgIpc) is 2.92. The molecule has 0 aliphatic carbocycles. The van der Waals surface area contributed by atoms with Crippen LogP contribution in [0.2, 0.25) is 0 Å². The summed E-state index contributed by atoms with van der Waals surface area (Å²) in [4.78, 5) is 12.5. The Kier molecular flexibility index (Phi) is 5.23. The van der Waals surface area contributed by atoms with Crippen molar-refractivity contribution >= 4 is 11.6 Å². The van der Waals surface area contributed by atoms with Gasteiger partial charge < -0.3 is 14.6 Å². The van der Waals surface area contributed by atoms with E-state index in [4.69, 9.17) is 9.47 Å². The summed E-state index contributed by atoms with van der Waals surface area (Å²) >= 11 is 0. The van der Waals surface area contributed by atoms with E-state index in [1.807, 2.05) is 0 Å². The van der Waals surface area contributed by atoms with E-state index in [9.17, 15) is 23.1 Å². The van der Waals surface area contributed by atoms with Gasteiger partial charge in [0.1, 0.15) is 5.71 Å². The van der Waals surface area contributed by atoms with Gasteiger partial charge in [0, 0.05) is 11.8 Å². The summed E-state index contributed by atoms with van der Waals surface area (Å²) in [6, 6.07) is 6.52. The lowest BCUT2D eigenvalue weighted by Crippen LogP contribution is -2.56. The number of rotatable bonds is 4. The van der Waals surface area contributed by atoms with Gasteiger partial charge in [-0.15, -0.1) is 0 Å². The van der Waals surface area contributed by atoms with Crippen molar-refractivity contribution in [3.63, 3.8) is 0 Å². The molecule has 6 nitrogen and oxygen atoms in total. The summed E-state index contributed by atoms with van der Waals surface area (Å²) in [5.74, 6) is -0.276. The Morgan fingerprint density at radius 3 is 2.35 bits per heavy atom. The topological polar surface area (TPSA) is 71.4 Å². The fraction of sp³-hybridized carbons (Fsp3) is 0.529. The SMILES string of the molecule is COc1ccccc1OCC(=O)N1N=C(C(F)(F)F)C[C@]1(O)C(C)(C)C. The van der Waals surface area contributed by atoms with Gasteiger partial charge in [-0.05, 0) is 12.1 Å². The average molecular weight is 374 g/mol. The van der Waals surface area contributed by atoms with Crippen molar-refractivity contribution in [2.75, 3.05) is 13.7 Å².